The molecule has 0 aromatic carbocycles. The van der Waals surface area contributed by atoms with E-state index in [2.05, 4.69) is 15.4 Å². The highest BCUT2D eigenvalue weighted by Crippen LogP contribution is 2.17. The molecule has 0 aliphatic heterocycles. The number of halogens is 1. The van der Waals surface area contributed by atoms with Gasteiger partial charge in [-0.3, -0.25) is 4.68 Å². The van der Waals surface area contributed by atoms with E-state index in [4.69, 9.17) is 11.6 Å². The van der Waals surface area contributed by atoms with Gasteiger partial charge in [-0.25, -0.2) is 4.98 Å². The average molecular weight is 209 g/mol. The summed E-state index contributed by atoms with van der Waals surface area (Å²) in [5.74, 6) is 0. The molecule has 0 fully saturated rings. The average Bonchev–Trinajstić information content (AvgIpc) is 2.51. The standard InChI is InChI=1S/C9H9ClN4/c1-14-6-8(5-12-14)13-7-2-3-11-9(10)4-7/h2-6H,1H3,(H,11,13). The summed E-state index contributed by atoms with van der Waals surface area (Å²) >= 11 is 5.74. The first kappa shape index (κ1) is 9.02. The van der Waals surface area contributed by atoms with Crippen LogP contribution >= 0.6 is 11.6 Å². The molecule has 0 saturated heterocycles. The Morgan fingerprint density at radius 3 is 2.93 bits per heavy atom. The molecule has 0 bridgehead atoms. The second-order valence-electron chi connectivity index (χ2n) is 2.89. The summed E-state index contributed by atoms with van der Waals surface area (Å²) in [6.07, 6.45) is 5.28. The minimum absolute atomic E-state index is 0.471. The largest absolute Gasteiger partial charge is 0.353 e. The minimum atomic E-state index is 0.471. The maximum Gasteiger partial charge on any atom is 0.131 e. The number of aromatic nitrogens is 3. The van der Waals surface area contributed by atoms with Gasteiger partial charge in [-0.15, -0.1) is 0 Å². The molecule has 0 unspecified atom stereocenters. The molecule has 0 aliphatic rings. The Kier molecular flexibility index (Phi) is 2.37. The zero-order valence-electron chi connectivity index (χ0n) is 7.61. The lowest BCUT2D eigenvalue weighted by molar-refractivity contribution is 0.768. The fraction of sp³-hybridized carbons (Fsp3) is 0.111. The third kappa shape index (κ3) is 2.03. The lowest BCUT2D eigenvalue weighted by Gasteiger charge is -2.02. The van der Waals surface area contributed by atoms with Crippen molar-refractivity contribution >= 4 is 23.0 Å². The van der Waals surface area contributed by atoms with Crippen molar-refractivity contribution in [3.63, 3.8) is 0 Å². The molecule has 2 rings (SSSR count). The van der Waals surface area contributed by atoms with E-state index < -0.39 is 0 Å². The van der Waals surface area contributed by atoms with Gasteiger partial charge in [0.1, 0.15) is 5.15 Å². The van der Waals surface area contributed by atoms with Gasteiger partial charge in [-0.05, 0) is 12.1 Å². The molecule has 72 valence electrons. The highest BCUT2D eigenvalue weighted by molar-refractivity contribution is 6.29. The smallest absolute Gasteiger partial charge is 0.131 e. The number of nitrogens with one attached hydrogen (secondary N) is 1. The number of aryl methyl sites for hydroxylation is 1. The zero-order valence-corrected chi connectivity index (χ0v) is 8.36. The van der Waals surface area contributed by atoms with Gasteiger partial charge in [0, 0.05) is 25.1 Å². The summed E-state index contributed by atoms with van der Waals surface area (Å²) in [7, 11) is 1.87. The molecular formula is C9H9ClN4. The van der Waals surface area contributed by atoms with Crippen molar-refractivity contribution in [3.05, 3.63) is 35.9 Å². The molecule has 2 aromatic heterocycles. The van der Waals surface area contributed by atoms with E-state index in [0.717, 1.165) is 11.4 Å². The molecule has 4 nitrogen and oxygen atoms in total. The second-order valence-corrected chi connectivity index (χ2v) is 3.28. The Labute approximate surface area is 86.5 Å². The van der Waals surface area contributed by atoms with Crippen molar-refractivity contribution in [2.45, 2.75) is 0 Å². The summed E-state index contributed by atoms with van der Waals surface area (Å²) in [6, 6.07) is 3.60. The third-order valence-corrected chi connectivity index (χ3v) is 1.93. The van der Waals surface area contributed by atoms with Gasteiger partial charge < -0.3 is 5.32 Å². The monoisotopic (exact) mass is 208 g/mol. The van der Waals surface area contributed by atoms with Crippen molar-refractivity contribution < 1.29 is 0 Å². The topological polar surface area (TPSA) is 42.7 Å². The Hall–Kier alpha value is -1.55. The van der Waals surface area contributed by atoms with Crippen LogP contribution in [-0.4, -0.2) is 14.8 Å². The summed E-state index contributed by atoms with van der Waals surface area (Å²) in [4.78, 5) is 3.89. The molecule has 0 atom stereocenters. The molecule has 2 aromatic rings. The van der Waals surface area contributed by atoms with Crippen LogP contribution in [0.15, 0.2) is 30.7 Å². The van der Waals surface area contributed by atoms with E-state index >= 15 is 0 Å². The SMILES string of the molecule is Cn1cc(Nc2ccnc(Cl)c2)cn1. The van der Waals surface area contributed by atoms with Crippen LogP contribution in [0.5, 0.6) is 0 Å². The van der Waals surface area contributed by atoms with Gasteiger partial charge in [-0.2, -0.15) is 5.10 Å². The molecule has 0 saturated carbocycles. The van der Waals surface area contributed by atoms with Crippen LogP contribution in [0.3, 0.4) is 0 Å². The highest BCUT2D eigenvalue weighted by Gasteiger charge is 1.97. The van der Waals surface area contributed by atoms with Crippen LogP contribution in [0.4, 0.5) is 11.4 Å². The molecule has 0 spiro atoms. The number of rotatable bonds is 2. The van der Waals surface area contributed by atoms with Crippen LogP contribution in [0.25, 0.3) is 0 Å². The molecule has 0 radical (unpaired) electrons. The van der Waals surface area contributed by atoms with E-state index in [-0.39, 0.29) is 0 Å². The molecule has 5 heteroatoms. The predicted molar refractivity (Wildman–Crippen MR) is 55.7 cm³/mol. The first-order valence-electron chi connectivity index (χ1n) is 4.11. The van der Waals surface area contributed by atoms with Gasteiger partial charge in [0.25, 0.3) is 0 Å². The molecular weight excluding hydrogens is 200 g/mol. The Morgan fingerprint density at radius 1 is 1.43 bits per heavy atom. The van der Waals surface area contributed by atoms with Gasteiger partial charge in [0.05, 0.1) is 11.9 Å². The third-order valence-electron chi connectivity index (χ3n) is 1.72. The first-order valence-corrected chi connectivity index (χ1v) is 4.49. The Bertz CT molecular complexity index is 438. The maximum absolute atomic E-state index is 5.74. The molecule has 14 heavy (non-hydrogen) atoms. The summed E-state index contributed by atoms with van der Waals surface area (Å²) < 4.78 is 1.73. The van der Waals surface area contributed by atoms with Crippen LogP contribution < -0.4 is 5.32 Å². The number of pyridine rings is 1. The maximum atomic E-state index is 5.74. The van der Waals surface area contributed by atoms with E-state index in [1.807, 2.05) is 19.3 Å². The minimum Gasteiger partial charge on any atom is -0.353 e. The zero-order chi connectivity index (χ0) is 9.97. The van der Waals surface area contributed by atoms with Crippen LogP contribution in [-0.2, 0) is 7.05 Å². The fourth-order valence-electron chi connectivity index (χ4n) is 1.13. The first-order chi connectivity index (χ1) is 6.74. The molecule has 0 aliphatic carbocycles. The van der Waals surface area contributed by atoms with Crippen LogP contribution in [0.2, 0.25) is 5.15 Å². The van der Waals surface area contributed by atoms with Crippen molar-refractivity contribution in [2.75, 3.05) is 5.32 Å². The van der Waals surface area contributed by atoms with Crippen LogP contribution in [0, 0.1) is 0 Å². The normalized spacial score (nSPS) is 10.1. The number of nitrogens with zero attached hydrogens (tertiary/aromatic N) is 3. The number of anilines is 2. The predicted octanol–water partition coefficient (Wildman–Crippen LogP) is 2.21. The Balaban J connectivity index is 2.18. The second kappa shape index (κ2) is 3.67. The molecule has 1 N–H and O–H groups in total. The lowest BCUT2D eigenvalue weighted by Crippen LogP contribution is -1.89. The van der Waals surface area contributed by atoms with Gasteiger partial charge in [0.15, 0.2) is 0 Å². The van der Waals surface area contributed by atoms with Crippen molar-refractivity contribution in [2.24, 2.45) is 7.05 Å². The lowest BCUT2D eigenvalue weighted by atomic mass is 10.4. The number of hydrogen-bond acceptors (Lipinski definition) is 3. The number of hydrogen-bond donors (Lipinski definition) is 1. The molecule has 2 heterocycles. The van der Waals surface area contributed by atoms with E-state index in [1.165, 1.54) is 0 Å². The van der Waals surface area contributed by atoms with Crippen molar-refractivity contribution in [3.8, 4) is 0 Å². The van der Waals surface area contributed by atoms with Gasteiger partial charge in [-0.1, -0.05) is 11.6 Å². The molecule has 0 amide bonds. The van der Waals surface area contributed by atoms with Crippen molar-refractivity contribution in [1.82, 2.24) is 14.8 Å². The van der Waals surface area contributed by atoms with E-state index in [0.29, 0.717) is 5.15 Å². The van der Waals surface area contributed by atoms with Crippen molar-refractivity contribution in [1.29, 1.82) is 0 Å². The van der Waals surface area contributed by atoms with E-state index in [9.17, 15) is 0 Å². The quantitative estimate of drug-likeness (QED) is 0.770. The summed E-state index contributed by atoms with van der Waals surface area (Å²) in [5.41, 5.74) is 1.83. The van der Waals surface area contributed by atoms with Crippen LogP contribution in [0.1, 0.15) is 0 Å². The van der Waals surface area contributed by atoms with Gasteiger partial charge >= 0.3 is 0 Å². The highest BCUT2D eigenvalue weighted by atomic mass is 35.5. The van der Waals surface area contributed by atoms with Gasteiger partial charge in [0.2, 0.25) is 0 Å². The Morgan fingerprint density at radius 2 is 2.29 bits per heavy atom. The fourth-order valence-corrected chi connectivity index (χ4v) is 1.31. The van der Waals surface area contributed by atoms with E-state index in [1.54, 1.807) is 23.1 Å². The summed E-state index contributed by atoms with van der Waals surface area (Å²) in [5, 5.41) is 7.67. The summed E-state index contributed by atoms with van der Waals surface area (Å²) in [6.45, 7) is 0.